The van der Waals surface area contributed by atoms with Crippen molar-refractivity contribution in [2.45, 2.75) is 40.0 Å². The number of phenolic OH excluding ortho intramolecular Hbond substituents is 1. The van der Waals surface area contributed by atoms with E-state index >= 15 is 0 Å². The molecule has 0 fully saturated rings. The van der Waals surface area contributed by atoms with Crippen LogP contribution in [0.15, 0.2) is 62.9 Å². The average Bonchev–Trinajstić information content (AvgIpc) is 3.01. The van der Waals surface area contributed by atoms with Crippen molar-refractivity contribution in [1.29, 1.82) is 0 Å². The lowest BCUT2D eigenvalue weighted by molar-refractivity contribution is 0.475. The Morgan fingerprint density at radius 1 is 1.06 bits per heavy atom. The predicted molar refractivity (Wildman–Crippen MR) is 132 cm³/mol. The fourth-order valence-corrected chi connectivity index (χ4v) is 4.14. The molecule has 6 nitrogen and oxygen atoms in total. The summed E-state index contributed by atoms with van der Waals surface area (Å²) in [5.41, 5.74) is 3.93. The van der Waals surface area contributed by atoms with Crippen molar-refractivity contribution < 1.29 is 5.11 Å². The number of rotatable bonds is 3. The van der Waals surface area contributed by atoms with Crippen molar-refractivity contribution in [3.63, 3.8) is 0 Å². The molecule has 4 rings (SSSR count). The first-order valence-electron chi connectivity index (χ1n) is 10.3. The van der Waals surface area contributed by atoms with Crippen LogP contribution in [0, 0.1) is 13.8 Å². The van der Waals surface area contributed by atoms with Gasteiger partial charge in [0, 0.05) is 32.5 Å². The van der Waals surface area contributed by atoms with Crippen LogP contribution in [0.4, 0.5) is 0 Å². The first-order valence-corrected chi connectivity index (χ1v) is 11.1. The lowest BCUT2D eigenvalue weighted by atomic mass is 9.95. The van der Waals surface area contributed by atoms with Crippen molar-refractivity contribution in [3.05, 3.63) is 86.1 Å². The quantitative estimate of drug-likeness (QED) is 0.386. The average molecular weight is 493 g/mol. The lowest BCUT2D eigenvalue weighted by Gasteiger charge is -2.20. The molecule has 164 valence electrons. The SMILES string of the molecule is Cc1cc(C=Nn2c(C(C)(C)C)nc3ccc(Br)cc3c2=O)c(C)n1-c1ccc(O)cc1. The molecule has 0 atom stereocenters. The molecular weight excluding hydrogens is 468 g/mol. The van der Waals surface area contributed by atoms with Gasteiger partial charge in [-0.15, -0.1) is 0 Å². The molecule has 0 saturated carbocycles. The minimum absolute atomic E-state index is 0.204. The van der Waals surface area contributed by atoms with Gasteiger partial charge in [-0.1, -0.05) is 36.7 Å². The van der Waals surface area contributed by atoms with Gasteiger partial charge in [0.05, 0.1) is 17.1 Å². The van der Waals surface area contributed by atoms with E-state index in [1.54, 1.807) is 24.4 Å². The molecule has 0 aliphatic heterocycles. The highest BCUT2D eigenvalue weighted by molar-refractivity contribution is 9.10. The summed E-state index contributed by atoms with van der Waals surface area (Å²) in [4.78, 5) is 18.1. The van der Waals surface area contributed by atoms with Crippen LogP contribution in [-0.4, -0.2) is 25.5 Å². The zero-order valence-corrected chi connectivity index (χ0v) is 20.3. The zero-order valence-electron chi connectivity index (χ0n) is 18.7. The summed E-state index contributed by atoms with van der Waals surface area (Å²) >= 11 is 3.44. The topological polar surface area (TPSA) is 72.4 Å². The van der Waals surface area contributed by atoms with Gasteiger partial charge in [0.1, 0.15) is 11.6 Å². The smallest absolute Gasteiger partial charge is 0.282 e. The zero-order chi connectivity index (χ0) is 23.2. The maximum atomic E-state index is 13.3. The second-order valence-electron chi connectivity index (χ2n) is 8.89. The molecule has 0 spiro atoms. The van der Waals surface area contributed by atoms with Crippen molar-refractivity contribution in [3.8, 4) is 11.4 Å². The van der Waals surface area contributed by atoms with Gasteiger partial charge in [-0.3, -0.25) is 4.79 Å². The predicted octanol–water partition coefficient (Wildman–Crippen LogP) is 5.45. The van der Waals surface area contributed by atoms with Crippen LogP contribution in [-0.2, 0) is 5.41 Å². The highest BCUT2D eigenvalue weighted by Crippen LogP contribution is 2.24. The third-order valence-electron chi connectivity index (χ3n) is 5.37. The Kier molecular flexibility index (Phi) is 5.54. The fourth-order valence-electron chi connectivity index (χ4n) is 3.78. The van der Waals surface area contributed by atoms with Crippen LogP contribution in [0.2, 0.25) is 0 Å². The molecule has 2 heterocycles. The molecule has 1 N–H and O–H groups in total. The van der Waals surface area contributed by atoms with Crippen molar-refractivity contribution in [2.75, 3.05) is 0 Å². The van der Waals surface area contributed by atoms with E-state index in [1.165, 1.54) is 4.68 Å². The fraction of sp³-hybridized carbons (Fsp3) is 0.240. The number of phenols is 1. The number of nitrogens with zero attached hydrogens (tertiary/aromatic N) is 4. The third kappa shape index (κ3) is 4.00. The first-order chi connectivity index (χ1) is 15.1. The molecule has 0 bridgehead atoms. The van der Waals surface area contributed by atoms with Gasteiger partial charge in [-0.2, -0.15) is 9.78 Å². The number of hydrogen-bond donors (Lipinski definition) is 1. The van der Waals surface area contributed by atoms with Crippen molar-refractivity contribution >= 4 is 33.0 Å². The Morgan fingerprint density at radius 3 is 2.41 bits per heavy atom. The van der Waals surface area contributed by atoms with Gasteiger partial charge in [-0.05, 0) is 62.4 Å². The van der Waals surface area contributed by atoms with Crippen LogP contribution >= 0.6 is 15.9 Å². The van der Waals surface area contributed by atoms with E-state index < -0.39 is 0 Å². The summed E-state index contributed by atoms with van der Waals surface area (Å²) in [5.74, 6) is 0.823. The normalized spacial score (nSPS) is 12.2. The first kappa shape index (κ1) is 22.0. The number of hydrogen-bond acceptors (Lipinski definition) is 4. The Bertz CT molecular complexity index is 1410. The molecule has 0 aliphatic rings. The summed E-state index contributed by atoms with van der Waals surface area (Å²) in [5, 5.41) is 14.7. The molecule has 2 aromatic heterocycles. The third-order valence-corrected chi connectivity index (χ3v) is 5.86. The van der Waals surface area contributed by atoms with Crippen molar-refractivity contribution in [1.82, 2.24) is 14.2 Å². The number of aryl methyl sites for hydroxylation is 1. The van der Waals surface area contributed by atoms with Gasteiger partial charge in [0.15, 0.2) is 0 Å². The van der Waals surface area contributed by atoms with Gasteiger partial charge in [0.2, 0.25) is 0 Å². The molecule has 4 aromatic rings. The number of halogens is 1. The standard InChI is InChI=1S/C25H25BrN4O2/c1-15-12-17(16(2)29(15)19-7-9-20(31)10-8-19)14-27-30-23(32)21-13-18(26)6-11-22(21)28-24(30)25(3,4)5/h6-14,31H,1-5H3. The van der Waals surface area contributed by atoms with Crippen molar-refractivity contribution in [2.24, 2.45) is 5.10 Å². The number of benzene rings is 2. The van der Waals surface area contributed by atoms with E-state index in [4.69, 9.17) is 4.98 Å². The van der Waals surface area contributed by atoms with E-state index in [1.807, 2.05) is 65.0 Å². The summed E-state index contributed by atoms with van der Waals surface area (Å²) in [6, 6.07) is 14.6. The largest absolute Gasteiger partial charge is 0.508 e. The van der Waals surface area contributed by atoms with Crippen LogP contribution in [0.25, 0.3) is 16.6 Å². The number of fused-ring (bicyclic) bond motifs is 1. The molecule has 0 aliphatic carbocycles. The molecule has 0 radical (unpaired) electrons. The number of aromatic nitrogens is 3. The molecule has 0 unspecified atom stereocenters. The molecule has 0 amide bonds. The molecule has 32 heavy (non-hydrogen) atoms. The van der Waals surface area contributed by atoms with E-state index in [2.05, 4.69) is 25.6 Å². The van der Waals surface area contributed by atoms with Gasteiger partial charge < -0.3 is 9.67 Å². The summed E-state index contributed by atoms with van der Waals surface area (Å²) in [7, 11) is 0. The second kappa shape index (κ2) is 8.06. The highest BCUT2D eigenvalue weighted by atomic mass is 79.9. The second-order valence-corrected chi connectivity index (χ2v) is 9.80. The molecular formula is C25H25BrN4O2. The molecule has 2 aromatic carbocycles. The van der Waals surface area contributed by atoms with Crippen LogP contribution in [0.5, 0.6) is 5.75 Å². The Labute approximate surface area is 195 Å². The van der Waals surface area contributed by atoms with Gasteiger partial charge in [0.25, 0.3) is 5.56 Å². The maximum absolute atomic E-state index is 13.3. The minimum Gasteiger partial charge on any atom is -0.508 e. The van der Waals surface area contributed by atoms with E-state index in [0.29, 0.717) is 16.7 Å². The summed E-state index contributed by atoms with van der Waals surface area (Å²) < 4.78 is 4.31. The Hall–Kier alpha value is -3.19. The van der Waals surface area contributed by atoms with E-state index in [0.717, 1.165) is 27.1 Å². The minimum atomic E-state index is -0.374. The van der Waals surface area contributed by atoms with Crippen LogP contribution < -0.4 is 5.56 Å². The van der Waals surface area contributed by atoms with Crippen LogP contribution in [0.3, 0.4) is 0 Å². The maximum Gasteiger partial charge on any atom is 0.282 e. The van der Waals surface area contributed by atoms with Crippen LogP contribution in [0.1, 0.15) is 43.5 Å². The van der Waals surface area contributed by atoms with E-state index in [-0.39, 0.29) is 16.7 Å². The van der Waals surface area contributed by atoms with E-state index in [9.17, 15) is 9.90 Å². The van der Waals surface area contributed by atoms with Gasteiger partial charge >= 0.3 is 0 Å². The molecule has 0 saturated heterocycles. The lowest BCUT2D eigenvalue weighted by Crippen LogP contribution is -2.29. The Balaban J connectivity index is 1.86. The summed E-state index contributed by atoms with van der Waals surface area (Å²) in [6.45, 7) is 10.1. The van der Waals surface area contributed by atoms with Gasteiger partial charge in [-0.25, -0.2) is 4.98 Å². The monoisotopic (exact) mass is 492 g/mol. The Morgan fingerprint density at radius 2 is 1.75 bits per heavy atom. The number of aromatic hydroxyl groups is 1. The molecule has 7 heteroatoms. The highest BCUT2D eigenvalue weighted by Gasteiger charge is 2.23. The summed E-state index contributed by atoms with van der Waals surface area (Å²) in [6.07, 6.45) is 1.71.